The van der Waals surface area contributed by atoms with Crippen LogP contribution in [0.25, 0.3) is 0 Å². The van der Waals surface area contributed by atoms with Crippen molar-refractivity contribution in [3.63, 3.8) is 0 Å². The fourth-order valence-corrected chi connectivity index (χ4v) is 1.69. The minimum atomic E-state index is -3.94. The molecule has 1 aromatic heterocycles. The molecule has 0 spiro atoms. The average Bonchev–Trinajstić information content (AvgIpc) is 2.15. The van der Waals surface area contributed by atoms with Crippen molar-refractivity contribution < 1.29 is 17.9 Å². The number of carbonyl (C=O) groups is 1. The third kappa shape index (κ3) is 2.80. The molecule has 82 valence electrons. The lowest BCUT2D eigenvalue weighted by Gasteiger charge is -2.02. The van der Waals surface area contributed by atoms with Crippen molar-refractivity contribution in [3.8, 4) is 0 Å². The summed E-state index contributed by atoms with van der Waals surface area (Å²) in [5.74, 6) is -0.783. The molecule has 0 aliphatic rings. The number of ether oxygens (including phenoxy) is 1. The molecule has 1 aromatic rings. The summed E-state index contributed by atoms with van der Waals surface area (Å²) in [5, 5.41) is -0.147. The molecule has 1 heterocycles. The maximum atomic E-state index is 11.1. The molecule has 0 bridgehead atoms. The van der Waals surface area contributed by atoms with E-state index in [0.29, 0.717) is 0 Å². The molecule has 0 aliphatic carbocycles. The number of carbonyl (C=O) groups excluding carboxylic acids is 1. The second kappa shape index (κ2) is 4.34. The Morgan fingerprint density at radius 2 is 2.13 bits per heavy atom. The van der Waals surface area contributed by atoms with Crippen LogP contribution in [0.2, 0.25) is 5.15 Å². The van der Waals surface area contributed by atoms with Gasteiger partial charge in [0.25, 0.3) is 9.05 Å². The van der Waals surface area contributed by atoms with Crippen LogP contribution < -0.4 is 0 Å². The van der Waals surface area contributed by atoms with E-state index in [4.69, 9.17) is 22.3 Å². The highest BCUT2D eigenvalue weighted by Gasteiger charge is 2.18. The number of hydrogen-bond donors (Lipinski definition) is 0. The lowest BCUT2D eigenvalue weighted by molar-refractivity contribution is 0.0600. The molecule has 0 saturated carbocycles. The first-order chi connectivity index (χ1) is 6.86. The molecule has 0 atom stereocenters. The topological polar surface area (TPSA) is 73.3 Å². The maximum Gasteiger partial charge on any atom is 0.341 e. The van der Waals surface area contributed by atoms with Crippen LogP contribution in [0.4, 0.5) is 0 Å². The largest absolute Gasteiger partial charge is 0.465 e. The predicted molar refractivity (Wildman–Crippen MR) is 53.6 cm³/mol. The normalized spacial score (nSPS) is 11.1. The van der Waals surface area contributed by atoms with Gasteiger partial charge in [-0.15, -0.1) is 0 Å². The summed E-state index contributed by atoms with van der Waals surface area (Å²) < 4.78 is 26.3. The molecule has 0 aromatic carbocycles. The van der Waals surface area contributed by atoms with Gasteiger partial charge in [0.1, 0.15) is 10.0 Å². The second-order valence-corrected chi connectivity index (χ2v) is 5.36. The fraction of sp³-hybridized carbons (Fsp3) is 0.143. The minimum Gasteiger partial charge on any atom is -0.465 e. The van der Waals surface area contributed by atoms with E-state index in [1.54, 1.807) is 0 Å². The standard InChI is InChI=1S/C7H5Cl2NO4S/c1-14-7(11)5-2-4(15(9,12)13)3-10-6(5)8/h2-3H,1H3. The van der Waals surface area contributed by atoms with Crippen LogP contribution in [0.15, 0.2) is 17.2 Å². The Balaban J connectivity index is 3.36. The van der Waals surface area contributed by atoms with Crippen molar-refractivity contribution in [1.82, 2.24) is 4.98 Å². The highest BCUT2D eigenvalue weighted by molar-refractivity contribution is 8.13. The van der Waals surface area contributed by atoms with Crippen molar-refractivity contribution in [3.05, 3.63) is 23.0 Å². The van der Waals surface area contributed by atoms with Crippen molar-refractivity contribution in [2.75, 3.05) is 7.11 Å². The molecular formula is C7H5Cl2NO4S. The molecule has 8 heteroatoms. The van der Waals surface area contributed by atoms with E-state index in [2.05, 4.69) is 9.72 Å². The first-order valence-corrected chi connectivity index (χ1v) is 6.23. The lowest BCUT2D eigenvalue weighted by atomic mass is 10.3. The highest BCUT2D eigenvalue weighted by Crippen LogP contribution is 2.20. The van der Waals surface area contributed by atoms with Gasteiger partial charge in [-0.1, -0.05) is 11.6 Å². The molecule has 0 amide bonds. The molecule has 0 N–H and O–H groups in total. The molecule has 0 radical (unpaired) electrons. The summed E-state index contributed by atoms with van der Waals surface area (Å²) in [5.41, 5.74) is -0.152. The summed E-state index contributed by atoms with van der Waals surface area (Å²) in [7, 11) is 2.27. The van der Waals surface area contributed by atoms with Crippen LogP contribution >= 0.6 is 22.3 Å². The van der Waals surface area contributed by atoms with Gasteiger partial charge in [-0.2, -0.15) is 0 Å². The highest BCUT2D eigenvalue weighted by atomic mass is 35.7. The zero-order chi connectivity index (χ0) is 11.6. The van der Waals surface area contributed by atoms with E-state index in [1.807, 2.05) is 0 Å². The zero-order valence-corrected chi connectivity index (χ0v) is 9.73. The monoisotopic (exact) mass is 269 g/mol. The van der Waals surface area contributed by atoms with Gasteiger partial charge in [0.15, 0.2) is 0 Å². The number of esters is 1. The van der Waals surface area contributed by atoms with Gasteiger partial charge in [-0.3, -0.25) is 0 Å². The minimum absolute atomic E-state index is 0.147. The molecule has 0 aliphatic heterocycles. The Hall–Kier alpha value is -0.850. The Morgan fingerprint density at radius 1 is 1.53 bits per heavy atom. The number of nitrogens with zero attached hydrogens (tertiary/aromatic N) is 1. The third-order valence-electron chi connectivity index (χ3n) is 1.50. The number of halogens is 2. The van der Waals surface area contributed by atoms with E-state index in [1.165, 1.54) is 0 Å². The summed E-state index contributed by atoms with van der Waals surface area (Å²) in [6, 6.07) is 1.00. The van der Waals surface area contributed by atoms with Gasteiger partial charge in [0, 0.05) is 16.9 Å². The number of aromatic nitrogens is 1. The van der Waals surface area contributed by atoms with Gasteiger partial charge in [0.05, 0.1) is 12.7 Å². The van der Waals surface area contributed by atoms with Crippen molar-refractivity contribution in [2.45, 2.75) is 4.90 Å². The summed E-state index contributed by atoms with van der Waals surface area (Å²) in [6.45, 7) is 0. The molecule has 0 unspecified atom stereocenters. The van der Waals surface area contributed by atoms with Crippen LogP contribution in [0.3, 0.4) is 0 Å². The number of hydrogen-bond acceptors (Lipinski definition) is 5. The Bertz CT molecular complexity index is 500. The van der Waals surface area contributed by atoms with E-state index >= 15 is 0 Å². The van der Waals surface area contributed by atoms with Gasteiger partial charge in [-0.05, 0) is 6.07 Å². The molecule has 15 heavy (non-hydrogen) atoms. The molecule has 0 saturated heterocycles. The van der Waals surface area contributed by atoms with Crippen molar-refractivity contribution in [1.29, 1.82) is 0 Å². The fourth-order valence-electron chi connectivity index (χ4n) is 0.815. The first kappa shape index (κ1) is 12.2. The number of pyridine rings is 1. The Kier molecular flexibility index (Phi) is 3.54. The predicted octanol–water partition coefficient (Wildman–Crippen LogP) is 1.45. The van der Waals surface area contributed by atoms with Gasteiger partial charge in [-0.25, -0.2) is 18.2 Å². The van der Waals surface area contributed by atoms with Crippen LogP contribution in [0.5, 0.6) is 0 Å². The molecule has 1 rings (SSSR count). The van der Waals surface area contributed by atoms with Gasteiger partial charge >= 0.3 is 5.97 Å². The first-order valence-electron chi connectivity index (χ1n) is 3.55. The molecule has 5 nitrogen and oxygen atoms in total. The smallest absolute Gasteiger partial charge is 0.341 e. The van der Waals surface area contributed by atoms with Gasteiger partial charge in [0.2, 0.25) is 0 Å². The van der Waals surface area contributed by atoms with Crippen LogP contribution in [0, 0.1) is 0 Å². The average molecular weight is 270 g/mol. The molecule has 0 fully saturated rings. The lowest BCUT2D eigenvalue weighted by Crippen LogP contribution is -2.05. The molecular weight excluding hydrogens is 265 g/mol. The van der Waals surface area contributed by atoms with Crippen LogP contribution in [0.1, 0.15) is 10.4 Å². The number of methoxy groups -OCH3 is 1. The number of rotatable bonds is 2. The Labute approximate surface area is 95.4 Å². The van der Waals surface area contributed by atoms with E-state index < -0.39 is 15.0 Å². The van der Waals surface area contributed by atoms with Crippen LogP contribution in [-0.4, -0.2) is 26.5 Å². The van der Waals surface area contributed by atoms with Crippen LogP contribution in [-0.2, 0) is 13.8 Å². The second-order valence-electron chi connectivity index (χ2n) is 2.44. The van der Waals surface area contributed by atoms with Crippen molar-refractivity contribution >= 4 is 37.3 Å². The van der Waals surface area contributed by atoms with E-state index in [9.17, 15) is 13.2 Å². The zero-order valence-electron chi connectivity index (χ0n) is 7.40. The quantitative estimate of drug-likeness (QED) is 0.462. The SMILES string of the molecule is COC(=O)c1cc(S(=O)(=O)Cl)cnc1Cl. The van der Waals surface area contributed by atoms with E-state index in [-0.39, 0.29) is 15.6 Å². The van der Waals surface area contributed by atoms with Gasteiger partial charge < -0.3 is 4.74 Å². The van der Waals surface area contributed by atoms with Crippen molar-refractivity contribution in [2.24, 2.45) is 0 Å². The van der Waals surface area contributed by atoms with E-state index in [0.717, 1.165) is 19.4 Å². The Morgan fingerprint density at radius 3 is 2.60 bits per heavy atom. The summed E-state index contributed by atoms with van der Waals surface area (Å²) >= 11 is 5.57. The third-order valence-corrected chi connectivity index (χ3v) is 3.12. The maximum absolute atomic E-state index is 11.1. The summed E-state index contributed by atoms with van der Waals surface area (Å²) in [6.07, 6.45) is 0.955. The summed E-state index contributed by atoms with van der Waals surface area (Å²) in [4.78, 5) is 14.3.